The summed E-state index contributed by atoms with van der Waals surface area (Å²) in [5.41, 5.74) is 0.546. The zero-order valence-electron chi connectivity index (χ0n) is 9.51. The molecule has 82 valence electrons. The molecular formula is C12H23NO. The van der Waals surface area contributed by atoms with E-state index >= 15 is 0 Å². The summed E-state index contributed by atoms with van der Waals surface area (Å²) in [6.07, 6.45) is 4.11. The molecule has 2 heteroatoms. The van der Waals surface area contributed by atoms with E-state index in [2.05, 4.69) is 19.2 Å². The third-order valence-electron chi connectivity index (χ3n) is 3.54. The molecular weight excluding hydrogens is 174 g/mol. The smallest absolute Gasteiger partial charge is 0.0545 e. The van der Waals surface area contributed by atoms with Gasteiger partial charge in [0.15, 0.2) is 0 Å². The fourth-order valence-electron chi connectivity index (χ4n) is 3.08. The highest BCUT2D eigenvalue weighted by Gasteiger charge is 2.40. The average molecular weight is 197 g/mol. The maximum Gasteiger partial charge on any atom is 0.0545 e. The minimum Gasteiger partial charge on any atom is -0.380 e. The van der Waals surface area contributed by atoms with Crippen LogP contribution in [0, 0.1) is 17.3 Å². The molecule has 0 saturated carbocycles. The van der Waals surface area contributed by atoms with Crippen LogP contribution in [0.4, 0.5) is 0 Å². The normalized spacial score (nSPS) is 30.6. The van der Waals surface area contributed by atoms with Crippen molar-refractivity contribution in [2.24, 2.45) is 17.3 Å². The molecule has 2 fully saturated rings. The van der Waals surface area contributed by atoms with Crippen molar-refractivity contribution in [3.63, 3.8) is 0 Å². The van der Waals surface area contributed by atoms with Gasteiger partial charge >= 0.3 is 0 Å². The predicted octanol–water partition coefficient (Wildman–Crippen LogP) is 2.05. The van der Waals surface area contributed by atoms with Crippen LogP contribution in [-0.4, -0.2) is 26.3 Å². The molecule has 2 rings (SSSR count). The van der Waals surface area contributed by atoms with Crippen molar-refractivity contribution in [3.8, 4) is 0 Å². The Balaban J connectivity index is 1.84. The first-order valence-electron chi connectivity index (χ1n) is 5.99. The SMILES string of the molecule is CC(C)CC1(CC2CCNC2)COC1. The average Bonchev–Trinajstić information content (AvgIpc) is 2.51. The standard InChI is InChI=1S/C12H23NO/c1-10(2)5-12(8-14-9-12)6-11-3-4-13-7-11/h10-11,13H,3-9H2,1-2H3. The first-order valence-corrected chi connectivity index (χ1v) is 5.99. The van der Waals surface area contributed by atoms with Gasteiger partial charge in [0.05, 0.1) is 13.2 Å². The van der Waals surface area contributed by atoms with Gasteiger partial charge in [0.2, 0.25) is 0 Å². The van der Waals surface area contributed by atoms with Crippen LogP contribution in [0.5, 0.6) is 0 Å². The molecule has 0 aromatic rings. The van der Waals surface area contributed by atoms with Crippen LogP contribution in [-0.2, 0) is 4.74 Å². The monoisotopic (exact) mass is 197 g/mol. The van der Waals surface area contributed by atoms with E-state index < -0.39 is 0 Å². The lowest BCUT2D eigenvalue weighted by Crippen LogP contribution is -2.45. The molecule has 0 bridgehead atoms. The van der Waals surface area contributed by atoms with Crippen molar-refractivity contribution < 1.29 is 4.74 Å². The largest absolute Gasteiger partial charge is 0.380 e. The number of hydrogen-bond donors (Lipinski definition) is 1. The molecule has 14 heavy (non-hydrogen) atoms. The van der Waals surface area contributed by atoms with E-state index in [1.165, 1.54) is 32.4 Å². The van der Waals surface area contributed by atoms with Gasteiger partial charge in [-0.15, -0.1) is 0 Å². The van der Waals surface area contributed by atoms with Crippen LogP contribution in [0.2, 0.25) is 0 Å². The Morgan fingerprint density at radius 3 is 2.64 bits per heavy atom. The maximum atomic E-state index is 5.43. The Labute approximate surface area is 87.4 Å². The van der Waals surface area contributed by atoms with Gasteiger partial charge in [-0.2, -0.15) is 0 Å². The molecule has 2 heterocycles. The summed E-state index contributed by atoms with van der Waals surface area (Å²) in [7, 11) is 0. The Hall–Kier alpha value is -0.0800. The van der Waals surface area contributed by atoms with Crippen LogP contribution in [0.1, 0.15) is 33.1 Å². The topological polar surface area (TPSA) is 21.3 Å². The first-order chi connectivity index (χ1) is 6.70. The van der Waals surface area contributed by atoms with Gasteiger partial charge in [-0.1, -0.05) is 13.8 Å². The van der Waals surface area contributed by atoms with Crippen molar-refractivity contribution in [2.45, 2.75) is 33.1 Å². The van der Waals surface area contributed by atoms with Crippen molar-refractivity contribution in [2.75, 3.05) is 26.3 Å². The molecule has 0 amide bonds. The molecule has 0 aliphatic carbocycles. The van der Waals surface area contributed by atoms with Gasteiger partial charge in [-0.3, -0.25) is 0 Å². The highest BCUT2D eigenvalue weighted by atomic mass is 16.5. The van der Waals surface area contributed by atoms with Gasteiger partial charge in [0.25, 0.3) is 0 Å². The van der Waals surface area contributed by atoms with E-state index in [4.69, 9.17) is 4.74 Å². The van der Waals surface area contributed by atoms with Crippen LogP contribution in [0.25, 0.3) is 0 Å². The van der Waals surface area contributed by atoms with Gasteiger partial charge < -0.3 is 10.1 Å². The predicted molar refractivity (Wildman–Crippen MR) is 58.3 cm³/mol. The molecule has 0 aromatic heterocycles. The van der Waals surface area contributed by atoms with Crippen LogP contribution < -0.4 is 5.32 Å². The van der Waals surface area contributed by atoms with Crippen LogP contribution in [0.15, 0.2) is 0 Å². The zero-order chi connectivity index (χ0) is 10.0. The summed E-state index contributed by atoms with van der Waals surface area (Å²) in [5.74, 6) is 1.73. The molecule has 2 aliphatic rings. The number of ether oxygens (including phenoxy) is 1. The van der Waals surface area contributed by atoms with E-state index in [9.17, 15) is 0 Å². The quantitative estimate of drug-likeness (QED) is 0.745. The summed E-state index contributed by atoms with van der Waals surface area (Å²) in [4.78, 5) is 0. The van der Waals surface area contributed by atoms with E-state index in [1.54, 1.807) is 0 Å². The summed E-state index contributed by atoms with van der Waals surface area (Å²) >= 11 is 0. The third kappa shape index (κ3) is 2.29. The van der Waals surface area contributed by atoms with Crippen molar-refractivity contribution in [1.82, 2.24) is 5.32 Å². The highest BCUT2D eigenvalue weighted by molar-refractivity contribution is 4.90. The van der Waals surface area contributed by atoms with Crippen LogP contribution >= 0.6 is 0 Å². The minimum atomic E-state index is 0.546. The Kier molecular flexibility index (Phi) is 3.13. The molecule has 2 saturated heterocycles. The highest BCUT2D eigenvalue weighted by Crippen LogP contribution is 2.41. The summed E-state index contributed by atoms with van der Waals surface area (Å²) < 4.78 is 5.43. The third-order valence-corrected chi connectivity index (χ3v) is 3.54. The summed E-state index contributed by atoms with van der Waals surface area (Å²) in [5, 5.41) is 3.46. The van der Waals surface area contributed by atoms with E-state index in [0.29, 0.717) is 5.41 Å². The van der Waals surface area contributed by atoms with Crippen molar-refractivity contribution in [3.05, 3.63) is 0 Å². The molecule has 0 radical (unpaired) electrons. The molecule has 1 unspecified atom stereocenters. The second kappa shape index (κ2) is 4.19. The summed E-state index contributed by atoms with van der Waals surface area (Å²) in [6, 6.07) is 0. The van der Waals surface area contributed by atoms with E-state index in [1.807, 2.05) is 0 Å². The van der Waals surface area contributed by atoms with Gasteiger partial charge in [-0.25, -0.2) is 0 Å². The number of nitrogens with one attached hydrogen (secondary N) is 1. The minimum absolute atomic E-state index is 0.546. The van der Waals surface area contributed by atoms with Gasteiger partial charge in [-0.05, 0) is 44.2 Å². The zero-order valence-corrected chi connectivity index (χ0v) is 9.51. The Morgan fingerprint density at radius 2 is 2.21 bits per heavy atom. The molecule has 1 N–H and O–H groups in total. The molecule has 2 nitrogen and oxygen atoms in total. The van der Waals surface area contributed by atoms with E-state index in [-0.39, 0.29) is 0 Å². The lowest BCUT2D eigenvalue weighted by atomic mass is 9.72. The first kappa shape index (κ1) is 10.4. The van der Waals surface area contributed by atoms with Crippen molar-refractivity contribution in [1.29, 1.82) is 0 Å². The Bertz CT molecular complexity index is 181. The van der Waals surface area contributed by atoms with Gasteiger partial charge in [0, 0.05) is 5.41 Å². The lowest BCUT2D eigenvalue weighted by Gasteiger charge is -2.44. The lowest BCUT2D eigenvalue weighted by molar-refractivity contribution is -0.133. The summed E-state index contributed by atoms with van der Waals surface area (Å²) in [6.45, 7) is 9.15. The second-order valence-electron chi connectivity index (χ2n) is 5.65. The molecule has 1 atom stereocenters. The second-order valence-corrected chi connectivity index (χ2v) is 5.65. The molecule has 2 aliphatic heterocycles. The number of rotatable bonds is 4. The maximum absolute atomic E-state index is 5.43. The van der Waals surface area contributed by atoms with E-state index in [0.717, 1.165) is 25.0 Å². The fourth-order valence-corrected chi connectivity index (χ4v) is 3.08. The molecule has 0 aromatic carbocycles. The fraction of sp³-hybridized carbons (Fsp3) is 1.00. The Morgan fingerprint density at radius 1 is 1.43 bits per heavy atom. The van der Waals surface area contributed by atoms with Crippen molar-refractivity contribution >= 4 is 0 Å². The molecule has 0 spiro atoms. The number of hydrogen-bond acceptors (Lipinski definition) is 2. The van der Waals surface area contributed by atoms with Crippen LogP contribution in [0.3, 0.4) is 0 Å². The van der Waals surface area contributed by atoms with Gasteiger partial charge in [0.1, 0.15) is 0 Å².